The molecular formula is C25H22N4O. The first kappa shape index (κ1) is 19.2. The van der Waals surface area contributed by atoms with Crippen LogP contribution in [0.2, 0.25) is 0 Å². The Kier molecular flexibility index (Phi) is 5.71. The second-order valence-corrected chi connectivity index (χ2v) is 6.89. The zero-order valence-corrected chi connectivity index (χ0v) is 16.4. The lowest BCUT2D eigenvalue weighted by molar-refractivity contribution is -0.111. The van der Waals surface area contributed by atoms with Crippen molar-refractivity contribution >= 4 is 39.9 Å². The molecule has 0 unspecified atom stereocenters. The van der Waals surface area contributed by atoms with Gasteiger partial charge >= 0.3 is 0 Å². The summed E-state index contributed by atoms with van der Waals surface area (Å²) in [5, 5.41) is 7.35. The van der Waals surface area contributed by atoms with Crippen LogP contribution in [0.15, 0.2) is 91.1 Å². The van der Waals surface area contributed by atoms with Crippen molar-refractivity contribution < 1.29 is 4.79 Å². The maximum Gasteiger partial charge on any atom is 0.248 e. The van der Waals surface area contributed by atoms with Crippen LogP contribution in [-0.4, -0.2) is 10.9 Å². The van der Waals surface area contributed by atoms with E-state index in [2.05, 4.69) is 15.6 Å². The van der Waals surface area contributed by atoms with Gasteiger partial charge in [-0.1, -0.05) is 48.5 Å². The highest BCUT2D eigenvalue weighted by molar-refractivity contribution is 6.03. The number of hydrogen-bond acceptors (Lipinski definition) is 4. The van der Waals surface area contributed by atoms with Crippen molar-refractivity contribution in [2.45, 2.75) is 6.54 Å². The number of nitrogens with two attached hydrogens (primary N) is 1. The zero-order chi connectivity index (χ0) is 20.8. The molecule has 5 heteroatoms. The van der Waals surface area contributed by atoms with Crippen LogP contribution in [-0.2, 0) is 11.3 Å². The van der Waals surface area contributed by atoms with Gasteiger partial charge in [0, 0.05) is 24.2 Å². The number of rotatable bonds is 6. The van der Waals surface area contributed by atoms with Gasteiger partial charge in [0.15, 0.2) is 0 Å². The number of pyridine rings is 1. The number of benzene rings is 3. The average molecular weight is 394 g/mol. The summed E-state index contributed by atoms with van der Waals surface area (Å²) in [5.74, 6) is -0.224. The Morgan fingerprint density at radius 3 is 2.63 bits per heavy atom. The Morgan fingerprint density at radius 1 is 0.933 bits per heavy atom. The van der Waals surface area contributed by atoms with Crippen LogP contribution in [0.1, 0.15) is 11.1 Å². The van der Waals surface area contributed by atoms with E-state index < -0.39 is 0 Å². The van der Waals surface area contributed by atoms with E-state index in [1.807, 2.05) is 66.7 Å². The molecular weight excluding hydrogens is 372 g/mol. The maximum absolute atomic E-state index is 12.2. The highest BCUT2D eigenvalue weighted by atomic mass is 16.1. The maximum atomic E-state index is 12.2. The third-order valence-electron chi connectivity index (χ3n) is 4.71. The first-order valence-corrected chi connectivity index (χ1v) is 9.69. The molecule has 1 heterocycles. The van der Waals surface area contributed by atoms with Gasteiger partial charge in [-0.15, -0.1) is 0 Å². The smallest absolute Gasteiger partial charge is 0.248 e. The van der Waals surface area contributed by atoms with E-state index in [0.717, 1.165) is 27.7 Å². The lowest BCUT2D eigenvalue weighted by atomic mass is 10.1. The quantitative estimate of drug-likeness (QED) is 0.315. The van der Waals surface area contributed by atoms with Crippen LogP contribution in [0.4, 0.5) is 17.1 Å². The van der Waals surface area contributed by atoms with Gasteiger partial charge in [-0.3, -0.25) is 9.78 Å². The molecule has 0 radical (unpaired) electrons. The fourth-order valence-corrected chi connectivity index (χ4v) is 3.21. The number of nitrogens with zero attached hydrogens (tertiary/aromatic N) is 1. The monoisotopic (exact) mass is 394 g/mol. The molecule has 4 N–H and O–H groups in total. The van der Waals surface area contributed by atoms with E-state index in [1.165, 1.54) is 6.08 Å². The summed E-state index contributed by atoms with van der Waals surface area (Å²) in [7, 11) is 0. The topological polar surface area (TPSA) is 80.0 Å². The van der Waals surface area contributed by atoms with Gasteiger partial charge < -0.3 is 16.4 Å². The van der Waals surface area contributed by atoms with Gasteiger partial charge in [0.05, 0.1) is 22.6 Å². The number of aromatic nitrogens is 1. The summed E-state index contributed by atoms with van der Waals surface area (Å²) < 4.78 is 0. The van der Waals surface area contributed by atoms with Gasteiger partial charge in [-0.2, -0.15) is 0 Å². The van der Waals surface area contributed by atoms with Crippen LogP contribution < -0.4 is 16.4 Å². The van der Waals surface area contributed by atoms with E-state index in [1.54, 1.807) is 24.4 Å². The number of nitrogen functional groups attached to an aromatic ring is 1. The van der Waals surface area contributed by atoms with Crippen LogP contribution in [0.5, 0.6) is 0 Å². The van der Waals surface area contributed by atoms with Gasteiger partial charge in [-0.05, 0) is 47.5 Å². The Hall–Kier alpha value is -4.12. The minimum absolute atomic E-state index is 0.224. The first-order valence-electron chi connectivity index (χ1n) is 9.69. The standard InChI is InChI=1S/C25H22N4O/c26-21-10-1-2-11-22(21)29-24(30)14-13-18-6-3-7-19(16-18)17-28-23-12-4-8-20-9-5-15-27-25(20)23/h1-16,28H,17,26H2,(H,29,30)/b14-13+. The Bertz CT molecular complexity index is 1210. The van der Waals surface area contributed by atoms with Crippen molar-refractivity contribution in [1.82, 2.24) is 4.98 Å². The molecule has 0 spiro atoms. The minimum atomic E-state index is -0.224. The number of hydrogen-bond donors (Lipinski definition) is 3. The molecule has 148 valence electrons. The van der Waals surface area contributed by atoms with Gasteiger partial charge in [-0.25, -0.2) is 0 Å². The second kappa shape index (κ2) is 8.92. The Morgan fingerprint density at radius 2 is 1.73 bits per heavy atom. The molecule has 30 heavy (non-hydrogen) atoms. The molecule has 1 amide bonds. The lowest BCUT2D eigenvalue weighted by Gasteiger charge is -2.09. The van der Waals surface area contributed by atoms with E-state index in [-0.39, 0.29) is 5.91 Å². The number of fused-ring (bicyclic) bond motifs is 1. The summed E-state index contributed by atoms with van der Waals surface area (Å²) in [6, 6.07) is 25.3. The van der Waals surface area contributed by atoms with Crippen LogP contribution >= 0.6 is 0 Å². The zero-order valence-electron chi connectivity index (χ0n) is 16.4. The minimum Gasteiger partial charge on any atom is -0.397 e. The first-order chi connectivity index (χ1) is 14.7. The van der Waals surface area contributed by atoms with Gasteiger partial charge in [0.1, 0.15) is 0 Å². The lowest BCUT2D eigenvalue weighted by Crippen LogP contribution is -2.09. The van der Waals surface area contributed by atoms with Crippen molar-refractivity contribution in [1.29, 1.82) is 0 Å². The summed E-state index contributed by atoms with van der Waals surface area (Å²) in [6.07, 6.45) is 5.10. The second-order valence-electron chi connectivity index (χ2n) is 6.89. The fraction of sp³-hybridized carbons (Fsp3) is 0.0400. The highest BCUT2D eigenvalue weighted by Crippen LogP contribution is 2.21. The van der Waals surface area contributed by atoms with Crippen molar-refractivity contribution in [3.63, 3.8) is 0 Å². The molecule has 0 bridgehead atoms. The summed E-state index contributed by atoms with van der Waals surface area (Å²) in [4.78, 5) is 16.7. The third kappa shape index (κ3) is 4.64. The van der Waals surface area contributed by atoms with E-state index in [9.17, 15) is 4.79 Å². The largest absolute Gasteiger partial charge is 0.397 e. The SMILES string of the molecule is Nc1ccccc1NC(=O)/C=C/c1cccc(CNc2cccc3cccnc23)c1. The number of carbonyl (C=O) groups is 1. The van der Waals surface area contributed by atoms with E-state index in [0.29, 0.717) is 17.9 Å². The molecule has 0 fully saturated rings. The molecule has 1 aromatic heterocycles. The molecule has 0 atom stereocenters. The van der Waals surface area contributed by atoms with E-state index in [4.69, 9.17) is 5.73 Å². The van der Waals surface area contributed by atoms with Crippen molar-refractivity contribution in [2.24, 2.45) is 0 Å². The predicted molar refractivity (Wildman–Crippen MR) is 124 cm³/mol. The molecule has 4 aromatic rings. The van der Waals surface area contributed by atoms with Crippen molar-refractivity contribution in [2.75, 3.05) is 16.4 Å². The molecule has 4 rings (SSSR count). The molecule has 0 saturated heterocycles. The summed E-state index contributed by atoms with van der Waals surface area (Å²) >= 11 is 0. The Balaban J connectivity index is 1.42. The predicted octanol–water partition coefficient (Wildman–Crippen LogP) is 5.08. The normalized spacial score (nSPS) is 10.9. The number of carbonyl (C=O) groups excluding carboxylic acids is 1. The van der Waals surface area contributed by atoms with Crippen molar-refractivity contribution in [3.8, 4) is 0 Å². The van der Waals surface area contributed by atoms with Crippen LogP contribution in [0.3, 0.4) is 0 Å². The summed E-state index contributed by atoms with van der Waals surface area (Å²) in [6.45, 7) is 0.657. The van der Waals surface area contributed by atoms with Crippen LogP contribution in [0, 0.1) is 0 Å². The number of nitrogens with one attached hydrogen (secondary N) is 2. The molecule has 3 aromatic carbocycles. The fourth-order valence-electron chi connectivity index (χ4n) is 3.21. The Labute approximate surface area is 175 Å². The van der Waals surface area contributed by atoms with Gasteiger partial charge in [0.2, 0.25) is 5.91 Å². The molecule has 0 aliphatic heterocycles. The van der Waals surface area contributed by atoms with Crippen LogP contribution in [0.25, 0.3) is 17.0 Å². The molecule has 5 nitrogen and oxygen atoms in total. The van der Waals surface area contributed by atoms with Gasteiger partial charge in [0.25, 0.3) is 0 Å². The molecule has 0 aliphatic rings. The van der Waals surface area contributed by atoms with E-state index >= 15 is 0 Å². The third-order valence-corrected chi connectivity index (χ3v) is 4.71. The summed E-state index contributed by atoms with van der Waals surface area (Å²) in [5.41, 5.74) is 11.0. The molecule has 0 saturated carbocycles. The molecule has 0 aliphatic carbocycles. The van der Waals surface area contributed by atoms with Crippen molar-refractivity contribution in [3.05, 3.63) is 102 Å². The number of para-hydroxylation sites is 3. The average Bonchev–Trinajstić information content (AvgIpc) is 2.78. The highest BCUT2D eigenvalue weighted by Gasteiger charge is 2.03. The number of amides is 1. The number of anilines is 3.